The Hall–Kier alpha value is -2.47. The number of benzene rings is 1. The lowest BCUT2D eigenvalue weighted by Gasteiger charge is -2.31. The number of nitrogens with zero attached hydrogens (tertiary/aromatic N) is 3. The van der Waals surface area contributed by atoms with Crippen molar-refractivity contribution in [3.63, 3.8) is 0 Å². The SMILES string of the molecule is O=S(=O)(c1ccc(OC(F)(F)F)cc1)N1CCC[C@@H](Oc2ncc(F)cn2)C1. The number of ether oxygens (including phenoxy) is 2. The smallest absolute Gasteiger partial charge is 0.459 e. The fourth-order valence-corrected chi connectivity index (χ4v) is 4.20. The number of piperidine rings is 1. The van der Waals surface area contributed by atoms with Crippen LogP contribution in [0.2, 0.25) is 0 Å². The van der Waals surface area contributed by atoms with Gasteiger partial charge in [-0.05, 0) is 37.1 Å². The first-order chi connectivity index (χ1) is 13.1. The number of halogens is 4. The normalized spacial score (nSPS) is 18.6. The molecule has 0 spiro atoms. The lowest BCUT2D eigenvalue weighted by molar-refractivity contribution is -0.274. The maximum Gasteiger partial charge on any atom is 0.573 e. The summed E-state index contributed by atoms with van der Waals surface area (Å²) >= 11 is 0. The van der Waals surface area contributed by atoms with E-state index in [9.17, 15) is 26.0 Å². The fraction of sp³-hybridized carbons (Fsp3) is 0.375. The van der Waals surface area contributed by atoms with Gasteiger partial charge in [0.2, 0.25) is 10.0 Å². The van der Waals surface area contributed by atoms with E-state index in [2.05, 4.69) is 14.7 Å². The van der Waals surface area contributed by atoms with Crippen LogP contribution in [0.4, 0.5) is 17.6 Å². The molecule has 2 aromatic rings. The third-order valence-electron chi connectivity index (χ3n) is 3.90. The Labute approximate surface area is 158 Å². The molecule has 0 amide bonds. The maximum absolute atomic E-state index is 12.9. The van der Waals surface area contributed by atoms with Crippen LogP contribution in [0.1, 0.15) is 12.8 Å². The van der Waals surface area contributed by atoms with E-state index >= 15 is 0 Å². The van der Waals surface area contributed by atoms with E-state index in [1.54, 1.807) is 0 Å². The Morgan fingerprint density at radius 2 is 1.75 bits per heavy atom. The summed E-state index contributed by atoms with van der Waals surface area (Å²) in [5.74, 6) is -1.14. The summed E-state index contributed by atoms with van der Waals surface area (Å²) in [7, 11) is -3.94. The van der Waals surface area contributed by atoms with Gasteiger partial charge in [-0.15, -0.1) is 13.2 Å². The maximum atomic E-state index is 12.9. The van der Waals surface area contributed by atoms with Crippen molar-refractivity contribution < 1.29 is 35.5 Å². The molecule has 1 fully saturated rings. The van der Waals surface area contributed by atoms with Crippen molar-refractivity contribution in [1.82, 2.24) is 14.3 Å². The average Bonchev–Trinajstić information content (AvgIpc) is 2.63. The number of aromatic nitrogens is 2. The zero-order chi connectivity index (χ0) is 20.4. The molecule has 152 valence electrons. The molecule has 0 radical (unpaired) electrons. The standard InChI is InChI=1S/C16H15F4N3O4S/c17-11-8-21-15(22-9-11)26-13-2-1-7-23(10-13)28(24,25)14-5-3-12(4-6-14)27-16(18,19)20/h3-6,8-9,13H,1-2,7,10H2/t13-/m1/s1. The second-order valence-electron chi connectivity index (χ2n) is 5.95. The molecule has 0 bridgehead atoms. The van der Waals surface area contributed by atoms with Gasteiger partial charge < -0.3 is 9.47 Å². The summed E-state index contributed by atoms with van der Waals surface area (Å²) in [5.41, 5.74) is 0. The summed E-state index contributed by atoms with van der Waals surface area (Å²) in [5, 5.41) is 0. The Morgan fingerprint density at radius 3 is 2.36 bits per heavy atom. The van der Waals surface area contributed by atoms with Crippen LogP contribution in [-0.2, 0) is 10.0 Å². The molecule has 0 aliphatic carbocycles. The van der Waals surface area contributed by atoms with Gasteiger partial charge in [0, 0.05) is 6.54 Å². The van der Waals surface area contributed by atoms with Crippen LogP contribution in [0, 0.1) is 5.82 Å². The molecule has 28 heavy (non-hydrogen) atoms. The van der Waals surface area contributed by atoms with Crippen LogP contribution in [0.15, 0.2) is 41.6 Å². The van der Waals surface area contributed by atoms with Crippen LogP contribution in [0.3, 0.4) is 0 Å². The summed E-state index contributed by atoms with van der Waals surface area (Å²) in [6.07, 6.45) is -2.48. The Morgan fingerprint density at radius 1 is 1.11 bits per heavy atom. The van der Waals surface area contributed by atoms with Crippen molar-refractivity contribution in [2.45, 2.75) is 30.2 Å². The van der Waals surface area contributed by atoms with E-state index in [-0.39, 0.29) is 24.0 Å². The topological polar surface area (TPSA) is 81.6 Å². The molecule has 1 aromatic carbocycles. The highest BCUT2D eigenvalue weighted by molar-refractivity contribution is 7.89. The van der Waals surface area contributed by atoms with E-state index < -0.39 is 34.1 Å². The lowest BCUT2D eigenvalue weighted by Crippen LogP contribution is -2.44. The molecular formula is C16H15F4N3O4S. The van der Waals surface area contributed by atoms with Crippen LogP contribution < -0.4 is 9.47 Å². The third-order valence-corrected chi connectivity index (χ3v) is 5.78. The lowest BCUT2D eigenvalue weighted by atomic mass is 10.1. The summed E-state index contributed by atoms with van der Waals surface area (Å²) in [4.78, 5) is 7.18. The van der Waals surface area contributed by atoms with Gasteiger partial charge in [0.25, 0.3) is 0 Å². The number of hydrogen-bond acceptors (Lipinski definition) is 6. The third kappa shape index (κ3) is 5.07. The number of hydrogen-bond donors (Lipinski definition) is 0. The highest BCUT2D eigenvalue weighted by Crippen LogP contribution is 2.27. The molecule has 3 rings (SSSR count). The second kappa shape index (κ2) is 7.87. The summed E-state index contributed by atoms with van der Waals surface area (Å²) in [6, 6.07) is 3.89. The van der Waals surface area contributed by atoms with Crippen LogP contribution in [0.25, 0.3) is 0 Å². The highest BCUT2D eigenvalue weighted by Gasteiger charge is 2.33. The van der Waals surface area contributed by atoms with Crippen LogP contribution in [-0.4, -0.2) is 48.2 Å². The van der Waals surface area contributed by atoms with E-state index in [1.807, 2.05) is 0 Å². The molecule has 0 saturated carbocycles. The van der Waals surface area contributed by atoms with Crippen molar-refractivity contribution in [1.29, 1.82) is 0 Å². The molecule has 1 aliphatic heterocycles. The molecule has 1 aliphatic rings. The molecular weight excluding hydrogens is 406 g/mol. The average molecular weight is 421 g/mol. The molecule has 7 nitrogen and oxygen atoms in total. The zero-order valence-corrected chi connectivity index (χ0v) is 15.1. The molecule has 1 saturated heterocycles. The van der Waals surface area contributed by atoms with Crippen LogP contribution in [0.5, 0.6) is 11.8 Å². The largest absolute Gasteiger partial charge is 0.573 e. The minimum Gasteiger partial charge on any atom is -0.459 e. The van der Waals surface area contributed by atoms with Crippen molar-refractivity contribution >= 4 is 10.0 Å². The van der Waals surface area contributed by atoms with E-state index in [4.69, 9.17) is 4.74 Å². The minimum absolute atomic E-state index is 0.00384. The number of sulfonamides is 1. The molecule has 1 aromatic heterocycles. The summed E-state index contributed by atoms with van der Waals surface area (Å²) in [6.45, 7) is 0.233. The first kappa shape index (κ1) is 20.3. The predicted octanol–water partition coefficient (Wildman–Crippen LogP) is 2.75. The van der Waals surface area contributed by atoms with Crippen LogP contribution >= 0.6 is 0 Å². The van der Waals surface area contributed by atoms with Crippen molar-refractivity contribution in [2.75, 3.05) is 13.1 Å². The van der Waals surface area contributed by atoms with Gasteiger partial charge in [-0.2, -0.15) is 4.31 Å². The van der Waals surface area contributed by atoms with E-state index in [1.165, 1.54) is 4.31 Å². The monoisotopic (exact) mass is 421 g/mol. The quantitative estimate of drug-likeness (QED) is 0.691. The Kier molecular flexibility index (Phi) is 5.70. The molecule has 12 heteroatoms. The van der Waals surface area contributed by atoms with E-state index in [0.29, 0.717) is 12.8 Å². The van der Waals surface area contributed by atoms with E-state index in [0.717, 1.165) is 36.7 Å². The molecule has 1 atom stereocenters. The fourth-order valence-electron chi connectivity index (χ4n) is 2.69. The number of alkyl halides is 3. The number of rotatable bonds is 5. The van der Waals surface area contributed by atoms with Gasteiger partial charge in [-0.25, -0.2) is 22.8 Å². The zero-order valence-electron chi connectivity index (χ0n) is 14.3. The van der Waals surface area contributed by atoms with Gasteiger partial charge in [0.05, 0.1) is 23.8 Å². The van der Waals surface area contributed by atoms with Gasteiger partial charge in [0.1, 0.15) is 11.9 Å². The first-order valence-corrected chi connectivity index (χ1v) is 9.58. The highest BCUT2D eigenvalue weighted by atomic mass is 32.2. The van der Waals surface area contributed by atoms with Crippen molar-refractivity contribution in [3.05, 3.63) is 42.5 Å². The molecule has 0 N–H and O–H groups in total. The van der Waals surface area contributed by atoms with Crippen molar-refractivity contribution in [3.8, 4) is 11.8 Å². The summed E-state index contributed by atoms with van der Waals surface area (Å²) < 4.78 is 85.4. The van der Waals surface area contributed by atoms with Gasteiger partial charge in [-0.1, -0.05) is 0 Å². The minimum atomic E-state index is -4.86. The molecule has 0 unspecified atom stereocenters. The second-order valence-corrected chi connectivity index (χ2v) is 7.89. The Bertz CT molecular complexity index is 905. The first-order valence-electron chi connectivity index (χ1n) is 8.14. The van der Waals surface area contributed by atoms with Gasteiger partial charge >= 0.3 is 12.4 Å². The Balaban J connectivity index is 1.69. The van der Waals surface area contributed by atoms with Gasteiger partial charge in [0.15, 0.2) is 5.82 Å². The van der Waals surface area contributed by atoms with Crippen molar-refractivity contribution in [2.24, 2.45) is 0 Å². The predicted molar refractivity (Wildman–Crippen MR) is 87.5 cm³/mol. The van der Waals surface area contributed by atoms with Gasteiger partial charge in [-0.3, -0.25) is 0 Å². The molecule has 2 heterocycles.